The quantitative estimate of drug-likeness (QED) is 0.603. The maximum Gasteiger partial charge on any atom is 0.212 e. The van der Waals surface area contributed by atoms with Crippen LogP contribution in [0.4, 0.5) is 0 Å². The van der Waals surface area contributed by atoms with E-state index >= 15 is 0 Å². The van der Waals surface area contributed by atoms with Crippen molar-refractivity contribution in [3.05, 3.63) is 23.9 Å². The van der Waals surface area contributed by atoms with Crippen LogP contribution in [-0.2, 0) is 4.79 Å². The van der Waals surface area contributed by atoms with Gasteiger partial charge in [0.1, 0.15) is 6.29 Å². The van der Waals surface area contributed by atoms with Gasteiger partial charge in [0.2, 0.25) is 5.88 Å². The zero-order chi connectivity index (χ0) is 14.5. The number of Topliss-reactive ketones (excluding diaryl/α,β-unsaturated/α-hetero) is 1. The lowest BCUT2D eigenvalue weighted by molar-refractivity contribution is -0.112. The maximum absolute atomic E-state index is 12.4. The Kier molecular flexibility index (Phi) is 4.84. The summed E-state index contributed by atoms with van der Waals surface area (Å²) < 4.78 is 4.99. The Balaban J connectivity index is 1.95. The van der Waals surface area contributed by atoms with Crippen molar-refractivity contribution in [1.82, 2.24) is 9.88 Å². The second kappa shape index (κ2) is 6.61. The molecule has 0 radical (unpaired) electrons. The molecule has 1 atom stereocenters. The van der Waals surface area contributed by atoms with Crippen molar-refractivity contribution < 1.29 is 14.3 Å². The molecule has 108 valence electrons. The lowest BCUT2D eigenvalue weighted by atomic mass is 9.89. The minimum atomic E-state index is -0.0614. The summed E-state index contributed by atoms with van der Waals surface area (Å²) in [6.07, 6.45) is 4.11. The molecule has 20 heavy (non-hydrogen) atoms. The number of piperidine rings is 1. The number of hydrogen-bond acceptors (Lipinski definition) is 5. The zero-order valence-electron chi connectivity index (χ0n) is 11.9. The lowest BCUT2D eigenvalue weighted by Crippen LogP contribution is -2.42. The van der Waals surface area contributed by atoms with Crippen LogP contribution >= 0.6 is 0 Å². The van der Waals surface area contributed by atoms with E-state index in [2.05, 4.69) is 9.88 Å². The minimum Gasteiger partial charge on any atom is -0.481 e. The number of nitrogens with zero attached hydrogens (tertiary/aromatic N) is 2. The number of methoxy groups -OCH3 is 1. The van der Waals surface area contributed by atoms with E-state index in [4.69, 9.17) is 4.74 Å². The van der Waals surface area contributed by atoms with Crippen LogP contribution in [0.3, 0.4) is 0 Å². The maximum atomic E-state index is 12.4. The van der Waals surface area contributed by atoms with Crippen molar-refractivity contribution in [3.63, 3.8) is 0 Å². The largest absolute Gasteiger partial charge is 0.481 e. The third-order valence-electron chi connectivity index (χ3n) is 3.90. The van der Waals surface area contributed by atoms with Crippen LogP contribution < -0.4 is 4.74 Å². The Morgan fingerprint density at radius 3 is 2.65 bits per heavy atom. The number of carbonyl (C=O) groups excluding carboxylic acids is 2. The van der Waals surface area contributed by atoms with Gasteiger partial charge in [-0.15, -0.1) is 0 Å². The second-order valence-corrected chi connectivity index (χ2v) is 5.14. The van der Waals surface area contributed by atoms with Crippen LogP contribution in [0.1, 0.15) is 30.1 Å². The number of hydrogen-bond donors (Lipinski definition) is 0. The molecule has 1 aromatic heterocycles. The number of pyridine rings is 1. The van der Waals surface area contributed by atoms with Gasteiger partial charge >= 0.3 is 0 Å². The molecule has 2 rings (SSSR count). The lowest BCUT2D eigenvalue weighted by Gasteiger charge is -2.33. The van der Waals surface area contributed by atoms with Gasteiger partial charge < -0.3 is 9.53 Å². The molecule has 0 bridgehead atoms. The third kappa shape index (κ3) is 3.22. The van der Waals surface area contributed by atoms with Crippen LogP contribution in [0.2, 0.25) is 0 Å². The fourth-order valence-electron chi connectivity index (χ4n) is 2.54. The van der Waals surface area contributed by atoms with Gasteiger partial charge in [-0.2, -0.15) is 0 Å². The SMILES string of the molecule is COc1ccc(C(=O)C2CCN(C(C)C=O)CC2)cn1. The molecule has 0 N–H and O–H groups in total. The first-order valence-electron chi connectivity index (χ1n) is 6.89. The fourth-order valence-corrected chi connectivity index (χ4v) is 2.54. The molecule has 0 amide bonds. The van der Waals surface area contributed by atoms with Gasteiger partial charge in [-0.3, -0.25) is 9.69 Å². The van der Waals surface area contributed by atoms with E-state index < -0.39 is 0 Å². The number of ketones is 1. The highest BCUT2D eigenvalue weighted by Gasteiger charge is 2.27. The van der Waals surface area contributed by atoms with Gasteiger partial charge in [-0.25, -0.2) is 4.98 Å². The predicted octanol–water partition coefficient (Wildman–Crippen LogP) is 1.57. The van der Waals surface area contributed by atoms with Crippen molar-refractivity contribution in [2.75, 3.05) is 20.2 Å². The second-order valence-electron chi connectivity index (χ2n) is 5.14. The highest BCUT2D eigenvalue weighted by atomic mass is 16.5. The van der Waals surface area contributed by atoms with Crippen LogP contribution in [0.25, 0.3) is 0 Å². The van der Waals surface area contributed by atoms with Gasteiger partial charge in [0.25, 0.3) is 0 Å². The Labute approximate surface area is 118 Å². The Bertz CT molecular complexity index is 465. The number of aromatic nitrogens is 1. The molecule has 1 unspecified atom stereocenters. The summed E-state index contributed by atoms with van der Waals surface area (Å²) in [6, 6.07) is 3.40. The molecule has 1 saturated heterocycles. The van der Waals surface area contributed by atoms with Gasteiger partial charge in [-0.1, -0.05) is 0 Å². The molecule has 5 heteroatoms. The third-order valence-corrected chi connectivity index (χ3v) is 3.90. The molecule has 0 aliphatic carbocycles. The van der Waals surface area contributed by atoms with E-state index in [1.54, 1.807) is 25.4 Å². The van der Waals surface area contributed by atoms with Gasteiger partial charge in [0.15, 0.2) is 5.78 Å². The van der Waals surface area contributed by atoms with Crippen molar-refractivity contribution in [2.24, 2.45) is 5.92 Å². The van der Waals surface area contributed by atoms with Gasteiger partial charge in [0.05, 0.1) is 13.2 Å². The Morgan fingerprint density at radius 1 is 1.45 bits per heavy atom. The first-order chi connectivity index (χ1) is 9.65. The average Bonchev–Trinajstić information content (AvgIpc) is 2.53. The van der Waals surface area contributed by atoms with Crippen LogP contribution in [-0.4, -0.2) is 48.2 Å². The molecule has 1 aliphatic heterocycles. The molecular formula is C15H20N2O3. The van der Waals surface area contributed by atoms with E-state index in [0.717, 1.165) is 32.2 Å². The van der Waals surface area contributed by atoms with E-state index in [1.165, 1.54) is 0 Å². The number of aldehydes is 1. The molecule has 0 aromatic carbocycles. The van der Waals surface area contributed by atoms with Crippen LogP contribution in [0, 0.1) is 5.92 Å². The average molecular weight is 276 g/mol. The molecule has 1 aromatic rings. The first kappa shape index (κ1) is 14.7. The van der Waals surface area contributed by atoms with Gasteiger partial charge in [0, 0.05) is 23.7 Å². The van der Waals surface area contributed by atoms with E-state index in [-0.39, 0.29) is 17.7 Å². The monoisotopic (exact) mass is 276 g/mol. The first-order valence-corrected chi connectivity index (χ1v) is 6.89. The minimum absolute atomic E-state index is 0.0281. The van der Waals surface area contributed by atoms with Crippen molar-refractivity contribution in [3.8, 4) is 5.88 Å². The highest BCUT2D eigenvalue weighted by molar-refractivity contribution is 5.97. The molecule has 1 fully saturated rings. The summed E-state index contributed by atoms with van der Waals surface area (Å²) >= 11 is 0. The standard InChI is InChI=1S/C15H20N2O3/c1-11(10-18)17-7-5-12(6-8-17)15(19)13-3-4-14(20-2)16-9-13/h3-4,9-12H,5-8H2,1-2H3. The van der Waals surface area contributed by atoms with Crippen LogP contribution in [0.15, 0.2) is 18.3 Å². The predicted molar refractivity (Wildman–Crippen MR) is 74.9 cm³/mol. The summed E-state index contributed by atoms with van der Waals surface area (Å²) in [7, 11) is 1.55. The highest BCUT2D eigenvalue weighted by Crippen LogP contribution is 2.23. The van der Waals surface area contributed by atoms with E-state index in [9.17, 15) is 9.59 Å². The summed E-state index contributed by atoms with van der Waals surface area (Å²) in [4.78, 5) is 29.3. The van der Waals surface area contributed by atoms with Crippen LogP contribution in [0.5, 0.6) is 5.88 Å². The molecule has 5 nitrogen and oxygen atoms in total. The summed E-state index contributed by atoms with van der Waals surface area (Å²) in [6.45, 7) is 3.47. The summed E-state index contributed by atoms with van der Waals surface area (Å²) in [5, 5.41) is 0. The molecular weight excluding hydrogens is 256 g/mol. The smallest absolute Gasteiger partial charge is 0.212 e. The Hall–Kier alpha value is -1.75. The fraction of sp³-hybridized carbons (Fsp3) is 0.533. The summed E-state index contributed by atoms with van der Waals surface area (Å²) in [5.41, 5.74) is 0.632. The van der Waals surface area contributed by atoms with Crippen molar-refractivity contribution in [1.29, 1.82) is 0 Å². The van der Waals surface area contributed by atoms with E-state index in [0.29, 0.717) is 11.4 Å². The number of ether oxygens (including phenoxy) is 1. The van der Waals surface area contributed by atoms with E-state index in [1.807, 2.05) is 6.92 Å². The topological polar surface area (TPSA) is 59.5 Å². The number of carbonyl (C=O) groups is 2. The molecule has 0 spiro atoms. The molecule has 1 aliphatic rings. The van der Waals surface area contributed by atoms with Crippen molar-refractivity contribution >= 4 is 12.1 Å². The van der Waals surface area contributed by atoms with Crippen molar-refractivity contribution in [2.45, 2.75) is 25.8 Å². The zero-order valence-corrected chi connectivity index (χ0v) is 11.9. The number of likely N-dealkylation sites (tertiary alicyclic amines) is 1. The summed E-state index contributed by atoms with van der Waals surface area (Å²) in [5.74, 6) is 0.676. The molecule has 0 saturated carbocycles. The molecule has 2 heterocycles. The Morgan fingerprint density at radius 2 is 2.15 bits per heavy atom. The number of rotatable bonds is 5. The normalized spacial score (nSPS) is 18.5. The van der Waals surface area contributed by atoms with Gasteiger partial charge in [-0.05, 0) is 38.9 Å².